The van der Waals surface area contributed by atoms with Gasteiger partial charge in [0.05, 0.1) is 23.1 Å². The molecule has 1 aliphatic heterocycles. The number of nitrogens with zero attached hydrogens (tertiary/aromatic N) is 7. The molecule has 0 N–H and O–H groups in total. The summed E-state index contributed by atoms with van der Waals surface area (Å²) in [5, 5.41) is 4.49. The summed E-state index contributed by atoms with van der Waals surface area (Å²) in [6.45, 7) is 2.67. The summed E-state index contributed by atoms with van der Waals surface area (Å²) in [6, 6.07) is 10.2. The lowest BCUT2D eigenvalue weighted by Crippen LogP contribution is -2.30. The largest absolute Gasteiger partial charge is 0.294 e. The summed E-state index contributed by atoms with van der Waals surface area (Å²) >= 11 is 0. The van der Waals surface area contributed by atoms with E-state index in [0.29, 0.717) is 5.82 Å². The molecule has 0 fully saturated rings. The fourth-order valence-electron chi connectivity index (χ4n) is 3.49. The minimum Gasteiger partial charge on any atom is -0.294 e. The maximum atomic E-state index is 4.73. The van der Waals surface area contributed by atoms with Crippen LogP contribution in [-0.2, 0) is 19.5 Å². The molecule has 0 spiro atoms. The van der Waals surface area contributed by atoms with Crippen molar-refractivity contribution in [2.24, 2.45) is 0 Å². The highest BCUT2D eigenvalue weighted by Gasteiger charge is 2.19. The Hall–Kier alpha value is -3.45. The normalized spacial score (nSPS) is 14.0. The molecule has 0 unspecified atom stereocenters. The van der Waals surface area contributed by atoms with Gasteiger partial charge in [-0.3, -0.25) is 4.90 Å². The van der Waals surface area contributed by atoms with E-state index in [-0.39, 0.29) is 0 Å². The van der Waals surface area contributed by atoms with Gasteiger partial charge in [0.25, 0.3) is 0 Å². The van der Waals surface area contributed by atoms with E-state index in [4.69, 9.17) is 4.98 Å². The summed E-state index contributed by atoms with van der Waals surface area (Å²) < 4.78 is 1.92. The van der Waals surface area contributed by atoms with Gasteiger partial charge in [-0.1, -0.05) is 18.2 Å². The number of hydrogen-bond acceptors (Lipinski definition) is 6. The zero-order valence-corrected chi connectivity index (χ0v) is 15.3. The van der Waals surface area contributed by atoms with E-state index in [1.807, 2.05) is 35.3 Å². The molecule has 0 amide bonds. The van der Waals surface area contributed by atoms with Crippen molar-refractivity contribution in [3.8, 4) is 17.1 Å². The quantitative estimate of drug-likeness (QED) is 0.551. The van der Waals surface area contributed by atoms with Crippen molar-refractivity contribution < 1.29 is 0 Å². The molecule has 1 aromatic carbocycles. The van der Waals surface area contributed by atoms with Crippen LogP contribution in [0.25, 0.3) is 17.1 Å². The van der Waals surface area contributed by atoms with Crippen molar-refractivity contribution in [3.63, 3.8) is 0 Å². The summed E-state index contributed by atoms with van der Waals surface area (Å²) in [7, 11) is 0. The predicted molar refractivity (Wildman–Crippen MR) is 104 cm³/mol. The summed E-state index contributed by atoms with van der Waals surface area (Å²) in [4.78, 5) is 19.8. The molecule has 4 aromatic rings. The fourth-order valence-corrected chi connectivity index (χ4v) is 3.49. The van der Waals surface area contributed by atoms with Gasteiger partial charge in [0.2, 0.25) is 0 Å². The van der Waals surface area contributed by atoms with E-state index >= 15 is 0 Å². The van der Waals surface area contributed by atoms with Gasteiger partial charge in [0.1, 0.15) is 6.33 Å². The highest BCUT2D eigenvalue weighted by atomic mass is 15.3. The lowest BCUT2D eigenvalue weighted by atomic mass is 10.1. The molecule has 0 aliphatic carbocycles. The van der Waals surface area contributed by atoms with Crippen LogP contribution in [0.2, 0.25) is 0 Å². The van der Waals surface area contributed by atoms with Crippen LogP contribution >= 0.6 is 0 Å². The first-order chi connectivity index (χ1) is 13.8. The first kappa shape index (κ1) is 16.7. The van der Waals surface area contributed by atoms with Gasteiger partial charge in [-0.2, -0.15) is 5.10 Å². The lowest BCUT2D eigenvalue weighted by molar-refractivity contribution is 0.243. The maximum Gasteiger partial charge on any atom is 0.162 e. The Kier molecular flexibility index (Phi) is 4.34. The summed E-state index contributed by atoms with van der Waals surface area (Å²) in [5.74, 6) is 0.692. The monoisotopic (exact) mass is 369 g/mol. The van der Waals surface area contributed by atoms with Crippen LogP contribution in [0.4, 0.5) is 0 Å². The van der Waals surface area contributed by atoms with Gasteiger partial charge in [-0.05, 0) is 12.1 Å². The molecule has 5 rings (SSSR count). The van der Waals surface area contributed by atoms with Gasteiger partial charge in [-0.25, -0.2) is 24.6 Å². The Bertz CT molecular complexity index is 1080. The molecule has 0 atom stereocenters. The van der Waals surface area contributed by atoms with Gasteiger partial charge >= 0.3 is 0 Å². The second-order valence-corrected chi connectivity index (χ2v) is 6.88. The smallest absolute Gasteiger partial charge is 0.162 e. The molecule has 28 heavy (non-hydrogen) atoms. The van der Waals surface area contributed by atoms with Crippen LogP contribution in [-0.4, -0.2) is 41.2 Å². The maximum absolute atomic E-state index is 4.73. The number of benzene rings is 1. The van der Waals surface area contributed by atoms with Crippen LogP contribution in [0.1, 0.15) is 16.8 Å². The van der Waals surface area contributed by atoms with Gasteiger partial charge in [-0.15, -0.1) is 0 Å². The molecule has 138 valence electrons. The van der Waals surface area contributed by atoms with Crippen molar-refractivity contribution in [2.45, 2.75) is 19.5 Å². The van der Waals surface area contributed by atoms with E-state index in [9.17, 15) is 0 Å². The van der Waals surface area contributed by atoms with Crippen molar-refractivity contribution in [2.75, 3.05) is 6.54 Å². The summed E-state index contributed by atoms with van der Waals surface area (Å²) in [5.41, 5.74) is 5.42. The molecule has 0 radical (unpaired) electrons. The first-order valence-corrected chi connectivity index (χ1v) is 9.27. The van der Waals surface area contributed by atoms with Crippen LogP contribution < -0.4 is 0 Å². The zero-order chi connectivity index (χ0) is 18.8. The molecule has 0 bridgehead atoms. The van der Waals surface area contributed by atoms with Crippen LogP contribution in [0.3, 0.4) is 0 Å². The van der Waals surface area contributed by atoms with E-state index < -0.39 is 0 Å². The van der Waals surface area contributed by atoms with Crippen LogP contribution in [0.15, 0.2) is 67.6 Å². The molecule has 0 saturated heterocycles. The van der Waals surface area contributed by atoms with E-state index in [1.165, 1.54) is 17.5 Å². The van der Waals surface area contributed by atoms with Crippen LogP contribution in [0.5, 0.6) is 0 Å². The SMILES string of the molecule is c1ccc(-n2cc(CN3CCc4nc(-c5cncnc5)ncc4C3)cn2)cc1. The van der Waals surface area contributed by atoms with Gasteiger partial charge in [0, 0.05) is 62.0 Å². The minimum atomic E-state index is 0.692. The van der Waals surface area contributed by atoms with Crippen molar-refractivity contribution >= 4 is 0 Å². The molecular formula is C21H19N7. The Morgan fingerprint density at radius 3 is 2.68 bits per heavy atom. The molecule has 7 nitrogen and oxygen atoms in total. The molecule has 3 aromatic heterocycles. The number of hydrogen-bond donors (Lipinski definition) is 0. The zero-order valence-electron chi connectivity index (χ0n) is 15.3. The Labute approximate surface area is 162 Å². The predicted octanol–water partition coefficient (Wildman–Crippen LogP) is 2.68. The standard InChI is InChI=1S/C21H19N7/c1-2-4-19(5-3-1)28-13-16(8-25-28)12-27-7-6-20-18(14-27)11-24-21(26-20)17-9-22-15-23-10-17/h1-5,8-11,13,15H,6-7,12,14H2. The number of para-hydroxylation sites is 1. The van der Waals surface area contributed by atoms with Crippen molar-refractivity contribution in [1.82, 2.24) is 34.6 Å². The molecular weight excluding hydrogens is 350 g/mol. The fraction of sp³-hybridized carbons (Fsp3) is 0.190. The minimum absolute atomic E-state index is 0.692. The molecule has 4 heterocycles. The van der Waals surface area contributed by atoms with Crippen LogP contribution in [0, 0.1) is 0 Å². The third-order valence-corrected chi connectivity index (χ3v) is 4.89. The van der Waals surface area contributed by atoms with Gasteiger partial charge in [0.15, 0.2) is 5.82 Å². The topological polar surface area (TPSA) is 72.6 Å². The summed E-state index contributed by atoms with van der Waals surface area (Å²) in [6.07, 6.45) is 11.9. The average Bonchev–Trinajstić information content (AvgIpc) is 3.23. The van der Waals surface area contributed by atoms with E-state index in [1.54, 1.807) is 12.4 Å². The Balaban J connectivity index is 1.30. The number of fused-ring (bicyclic) bond motifs is 1. The molecule has 1 aliphatic rings. The highest BCUT2D eigenvalue weighted by Crippen LogP contribution is 2.21. The average molecular weight is 369 g/mol. The van der Waals surface area contributed by atoms with E-state index in [2.05, 4.69) is 43.3 Å². The highest BCUT2D eigenvalue weighted by molar-refractivity contribution is 5.52. The Morgan fingerprint density at radius 1 is 0.964 bits per heavy atom. The second-order valence-electron chi connectivity index (χ2n) is 6.88. The number of aromatic nitrogens is 6. The molecule has 7 heteroatoms. The van der Waals surface area contributed by atoms with Gasteiger partial charge < -0.3 is 0 Å². The first-order valence-electron chi connectivity index (χ1n) is 9.27. The molecule has 0 saturated carbocycles. The van der Waals surface area contributed by atoms with Crippen molar-refractivity contribution in [3.05, 3.63) is 84.5 Å². The van der Waals surface area contributed by atoms with Crippen molar-refractivity contribution in [1.29, 1.82) is 0 Å². The lowest BCUT2D eigenvalue weighted by Gasteiger charge is -2.27. The Morgan fingerprint density at radius 2 is 1.82 bits per heavy atom. The third-order valence-electron chi connectivity index (χ3n) is 4.89. The second kappa shape index (κ2) is 7.28. The third kappa shape index (κ3) is 3.39. The number of rotatable bonds is 4. The van der Waals surface area contributed by atoms with E-state index in [0.717, 1.165) is 43.0 Å².